The second kappa shape index (κ2) is 14.3. The molecule has 1 amide bonds. The predicted octanol–water partition coefficient (Wildman–Crippen LogP) is 8.49. The monoisotopic (exact) mass is 644 g/mol. The van der Waals surface area contributed by atoms with Crippen molar-refractivity contribution in [3.63, 3.8) is 0 Å². The van der Waals surface area contributed by atoms with Gasteiger partial charge in [-0.3, -0.25) is 4.79 Å². The summed E-state index contributed by atoms with van der Waals surface area (Å²) >= 11 is 6.31. The van der Waals surface area contributed by atoms with E-state index in [4.69, 9.17) is 20.8 Å². The molecule has 12 heteroatoms. The van der Waals surface area contributed by atoms with Crippen molar-refractivity contribution in [2.75, 3.05) is 32.1 Å². The summed E-state index contributed by atoms with van der Waals surface area (Å²) in [6.45, 7) is 16.2. The van der Waals surface area contributed by atoms with Crippen LogP contribution in [0.1, 0.15) is 64.3 Å². The van der Waals surface area contributed by atoms with E-state index in [0.717, 1.165) is 18.7 Å². The number of hydrogen-bond donors (Lipinski definition) is 1. The first kappa shape index (κ1) is 36.4. The second-order valence-electron chi connectivity index (χ2n) is 12.9. The lowest BCUT2D eigenvalue weighted by Gasteiger charge is -2.40. The van der Waals surface area contributed by atoms with E-state index in [2.05, 4.69) is 43.9 Å². The van der Waals surface area contributed by atoms with Gasteiger partial charge >= 0.3 is 18.2 Å². The zero-order chi connectivity index (χ0) is 32.8. The van der Waals surface area contributed by atoms with Crippen molar-refractivity contribution in [1.29, 1.82) is 0 Å². The van der Waals surface area contributed by atoms with E-state index >= 15 is 0 Å². The lowest BCUT2D eigenvalue weighted by Crippen LogP contribution is -2.46. The number of methoxy groups -OCH3 is 1. The SMILES string of the molecule is COC(=O)Cc1ccc(NCCN(C[C@H](O[Si](C)(C)C(C)(C)C)c2cccc(Cl)c2)C(=O)OC(C)(C)C)cc1C(F)(F)F. The number of nitrogens with zero attached hydrogens (tertiary/aromatic N) is 1. The molecule has 0 aliphatic heterocycles. The topological polar surface area (TPSA) is 77.1 Å². The van der Waals surface area contributed by atoms with Crippen LogP contribution in [0.2, 0.25) is 23.2 Å². The Kier molecular flexibility index (Phi) is 12.2. The molecule has 0 aromatic heterocycles. The molecule has 0 unspecified atom stereocenters. The van der Waals surface area contributed by atoms with Crippen molar-refractivity contribution in [2.24, 2.45) is 0 Å². The molecule has 2 aromatic carbocycles. The van der Waals surface area contributed by atoms with E-state index in [-0.39, 0.29) is 35.9 Å². The van der Waals surface area contributed by atoms with Crippen molar-refractivity contribution >= 4 is 37.7 Å². The number of anilines is 1. The Balaban J connectivity index is 2.36. The normalized spacial score (nSPS) is 13.3. The third-order valence-corrected chi connectivity index (χ3v) is 11.9. The number of nitrogens with one attached hydrogen (secondary N) is 1. The van der Waals surface area contributed by atoms with Crippen LogP contribution in [0.4, 0.5) is 23.7 Å². The van der Waals surface area contributed by atoms with Crippen LogP contribution in [-0.2, 0) is 31.3 Å². The van der Waals surface area contributed by atoms with Crippen LogP contribution < -0.4 is 5.32 Å². The van der Waals surface area contributed by atoms with Crippen LogP contribution in [0, 0.1) is 0 Å². The summed E-state index contributed by atoms with van der Waals surface area (Å²) in [6.07, 6.45) is -6.28. The number of carbonyl (C=O) groups is 2. The summed E-state index contributed by atoms with van der Waals surface area (Å²) in [5, 5.41) is 3.39. The summed E-state index contributed by atoms with van der Waals surface area (Å²) in [5.74, 6) is -0.770. The number of benzene rings is 2. The number of halogens is 4. The minimum absolute atomic E-state index is 0.109. The lowest BCUT2D eigenvalue weighted by atomic mass is 10.0. The number of hydrogen-bond acceptors (Lipinski definition) is 6. The summed E-state index contributed by atoms with van der Waals surface area (Å²) in [7, 11) is -1.20. The van der Waals surface area contributed by atoms with Gasteiger partial charge in [-0.1, -0.05) is 50.6 Å². The van der Waals surface area contributed by atoms with Gasteiger partial charge in [-0.05, 0) is 74.3 Å². The Bertz CT molecular complexity index is 1260. The molecule has 0 spiro atoms. The highest BCUT2D eigenvalue weighted by molar-refractivity contribution is 6.74. The number of esters is 1. The Morgan fingerprint density at radius 2 is 1.67 bits per heavy atom. The molecule has 1 atom stereocenters. The number of amides is 1. The van der Waals surface area contributed by atoms with E-state index in [1.165, 1.54) is 17.0 Å². The quantitative estimate of drug-likeness (QED) is 0.195. The maximum Gasteiger partial charge on any atom is 0.416 e. The summed E-state index contributed by atoms with van der Waals surface area (Å²) in [5.41, 5.74) is -0.905. The molecule has 2 rings (SSSR count). The summed E-state index contributed by atoms with van der Waals surface area (Å²) in [6, 6.07) is 10.9. The Labute approximate surface area is 259 Å². The Morgan fingerprint density at radius 1 is 1.02 bits per heavy atom. The largest absolute Gasteiger partial charge is 0.469 e. The van der Waals surface area contributed by atoms with Crippen LogP contribution in [-0.4, -0.2) is 57.6 Å². The Morgan fingerprint density at radius 3 is 2.21 bits per heavy atom. The van der Waals surface area contributed by atoms with Crippen LogP contribution >= 0.6 is 11.6 Å². The fourth-order valence-corrected chi connectivity index (χ4v) is 5.38. The molecule has 0 saturated carbocycles. The van der Waals surface area contributed by atoms with Gasteiger partial charge < -0.3 is 24.1 Å². The third kappa shape index (κ3) is 11.3. The van der Waals surface area contributed by atoms with Gasteiger partial charge in [-0.15, -0.1) is 0 Å². The van der Waals surface area contributed by atoms with Crippen molar-refractivity contribution in [1.82, 2.24) is 4.90 Å². The predicted molar refractivity (Wildman–Crippen MR) is 166 cm³/mol. The van der Waals surface area contributed by atoms with E-state index in [1.807, 2.05) is 12.1 Å². The average molecular weight is 645 g/mol. The van der Waals surface area contributed by atoms with Gasteiger partial charge in [0, 0.05) is 23.8 Å². The van der Waals surface area contributed by atoms with Crippen molar-refractivity contribution in [3.8, 4) is 0 Å². The molecule has 0 aliphatic rings. The van der Waals surface area contributed by atoms with Crippen LogP contribution in [0.15, 0.2) is 42.5 Å². The third-order valence-electron chi connectivity index (χ3n) is 7.19. The van der Waals surface area contributed by atoms with Crippen LogP contribution in [0.3, 0.4) is 0 Å². The molecule has 0 fully saturated rings. The van der Waals surface area contributed by atoms with Gasteiger partial charge in [0.2, 0.25) is 0 Å². The van der Waals surface area contributed by atoms with Gasteiger partial charge in [0.05, 0.1) is 31.7 Å². The first-order chi connectivity index (χ1) is 19.6. The fraction of sp³-hybridized carbons (Fsp3) is 0.548. The average Bonchev–Trinajstić information content (AvgIpc) is 2.85. The number of rotatable bonds is 11. The van der Waals surface area contributed by atoms with E-state index in [1.54, 1.807) is 32.9 Å². The van der Waals surface area contributed by atoms with E-state index in [9.17, 15) is 22.8 Å². The number of alkyl halides is 3. The van der Waals surface area contributed by atoms with E-state index < -0.39 is 50.2 Å². The molecule has 1 N–H and O–H groups in total. The number of ether oxygens (including phenoxy) is 2. The molecule has 2 aromatic rings. The summed E-state index contributed by atoms with van der Waals surface area (Å²) < 4.78 is 58.3. The first-order valence-electron chi connectivity index (χ1n) is 14.0. The molecular formula is C31H44ClF3N2O5Si. The van der Waals surface area contributed by atoms with Crippen LogP contribution in [0.5, 0.6) is 0 Å². The van der Waals surface area contributed by atoms with Crippen molar-refractivity contribution in [2.45, 2.75) is 84.0 Å². The summed E-state index contributed by atoms with van der Waals surface area (Å²) in [4.78, 5) is 26.5. The highest BCUT2D eigenvalue weighted by atomic mass is 35.5. The molecule has 7 nitrogen and oxygen atoms in total. The van der Waals surface area contributed by atoms with Gasteiger partial charge in [0.25, 0.3) is 0 Å². The standard InChI is InChI=1S/C31H44ClF3N2O5Si/c1-29(2,3)41-28(39)37(20-26(22-11-10-12-23(32)17-22)42-43(8,9)30(4,5)6)16-15-36-24-14-13-21(18-27(38)40-7)25(19-24)31(33,34)35/h10-14,17,19,26,36H,15-16,18,20H2,1-9H3/t26-/m0/s1. The number of carbonyl (C=O) groups excluding carboxylic acids is 2. The van der Waals surface area contributed by atoms with Gasteiger partial charge in [0.1, 0.15) is 5.60 Å². The minimum Gasteiger partial charge on any atom is -0.469 e. The molecule has 0 bridgehead atoms. The molecule has 0 saturated heterocycles. The zero-order valence-corrected chi connectivity index (χ0v) is 28.2. The molecular weight excluding hydrogens is 601 g/mol. The molecule has 0 radical (unpaired) electrons. The zero-order valence-electron chi connectivity index (χ0n) is 26.4. The van der Waals surface area contributed by atoms with Gasteiger partial charge in [-0.2, -0.15) is 13.2 Å². The molecule has 0 heterocycles. The highest BCUT2D eigenvalue weighted by Gasteiger charge is 2.40. The van der Waals surface area contributed by atoms with Crippen molar-refractivity contribution < 1.29 is 36.7 Å². The minimum atomic E-state index is -4.67. The fourth-order valence-electron chi connectivity index (χ4n) is 3.90. The smallest absolute Gasteiger partial charge is 0.416 e. The maximum absolute atomic E-state index is 13.8. The molecule has 240 valence electrons. The second-order valence-corrected chi connectivity index (χ2v) is 18.1. The maximum atomic E-state index is 13.8. The lowest BCUT2D eigenvalue weighted by molar-refractivity contribution is -0.141. The van der Waals surface area contributed by atoms with E-state index in [0.29, 0.717) is 5.02 Å². The van der Waals surface area contributed by atoms with Crippen molar-refractivity contribution in [3.05, 3.63) is 64.2 Å². The highest BCUT2D eigenvalue weighted by Crippen LogP contribution is 2.40. The Hall–Kier alpha value is -2.76. The van der Waals surface area contributed by atoms with Gasteiger partial charge in [0.15, 0.2) is 8.32 Å². The molecule has 0 aliphatic carbocycles. The molecule has 43 heavy (non-hydrogen) atoms. The first-order valence-corrected chi connectivity index (χ1v) is 17.3. The van der Waals surface area contributed by atoms with Gasteiger partial charge in [-0.25, -0.2) is 4.79 Å². The van der Waals surface area contributed by atoms with Crippen LogP contribution in [0.25, 0.3) is 0 Å².